The minimum Gasteiger partial charge on any atom is -0.310 e. The molecular formula is C10H12N4O4S3. The SMILES string of the molecule is CC(NS(=O)(=O)c1cc([N+](=O)[O-])c(NN)s1)c1ccsc1. The largest absolute Gasteiger partial charge is 0.310 e. The summed E-state index contributed by atoms with van der Waals surface area (Å²) in [5, 5.41) is 14.5. The Bertz CT molecular complexity index is 738. The summed E-state index contributed by atoms with van der Waals surface area (Å²) in [6.07, 6.45) is 0. The number of nitrogens with one attached hydrogen (secondary N) is 2. The number of hydrogen-bond donors (Lipinski definition) is 3. The molecule has 0 aliphatic rings. The van der Waals surface area contributed by atoms with Crippen LogP contribution in [0.5, 0.6) is 0 Å². The van der Waals surface area contributed by atoms with Gasteiger partial charge in [0.25, 0.3) is 10.0 Å². The summed E-state index contributed by atoms with van der Waals surface area (Å²) in [7, 11) is -3.86. The van der Waals surface area contributed by atoms with Gasteiger partial charge in [-0.05, 0) is 29.3 Å². The van der Waals surface area contributed by atoms with E-state index in [9.17, 15) is 18.5 Å². The molecule has 2 rings (SSSR count). The molecule has 0 radical (unpaired) electrons. The molecule has 1 unspecified atom stereocenters. The summed E-state index contributed by atoms with van der Waals surface area (Å²) in [5.74, 6) is 5.17. The highest BCUT2D eigenvalue weighted by Gasteiger charge is 2.27. The molecule has 2 aromatic rings. The summed E-state index contributed by atoms with van der Waals surface area (Å²) in [4.78, 5) is 10.1. The summed E-state index contributed by atoms with van der Waals surface area (Å²) in [5.41, 5.74) is 2.59. The number of thiophene rings is 2. The molecular weight excluding hydrogens is 336 g/mol. The van der Waals surface area contributed by atoms with Gasteiger partial charge in [0.05, 0.1) is 4.92 Å². The van der Waals surface area contributed by atoms with Crippen LogP contribution in [0.25, 0.3) is 0 Å². The highest BCUT2D eigenvalue weighted by atomic mass is 32.2. The first-order chi connectivity index (χ1) is 9.85. The van der Waals surface area contributed by atoms with E-state index in [0.29, 0.717) is 11.3 Å². The number of nitrogens with zero attached hydrogens (tertiary/aromatic N) is 1. The smallest absolute Gasteiger partial charge is 0.306 e. The number of sulfonamides is 1. The first-order valence-electron chi connectivity index (χ1n) is 5.64. The molecule has 0 aliphatic carbocycles. The lowest BCUT2D eigenvalue weighted by molar-refractivity contribution is -0.383. The van der Waals surface area contributed by atoms with Crippen molar-refractivity contribution in [3.05, 3.63) is 38.6 Å². The Labute approximate surface area is 128 Å². The van der Waals surface area contributed by atoms with E-state index in [1.165, 1.54) is 11.3 Å². The molecule has 21 heavy (non-hydrogen) atoms. The first kappa shape index (κ1) is 15.9. The number of rotatable bonds is 6. The fourth-order valence-corrected chi connectivity index (χ4v) is 4.85. The summed E-state index contributed by atoms with van der Waals surface area (Å²) < 4.78 is 26.8. The van der Waals surface area contributed by atoms with Crippen molar-refractivity contribution in [3.63, 3.8) is 0 Å². The van der Waals surface area contributed by atoms with Crippen molar-refractivity contribution >= 4 is 43.4 Å². The Kier molecular flexibility index (Phi) is 4.58. The standard InChI is InChI=1S/C10H12N4O4S3/c1-6(7-2-3-19-5-7)13-21(17,18)9-4-8(14(15)16)10(12-11)20-9/h2-6,12-13H,11H2,1H3. The monoisotopic (exact) mass is 348 g/mol. The van der Waals surface area contributed by atoms with Crippen LogP contribution in [0.4, 0.5) is 10.7 Å². The van der Waals surface area contributed by atoms with Gasteiger partial charge in [-0.3, -0.25) is 10.1 Å². The zero-order valence-corrected chi connectivity index (χ0v) is 13.2. The number of hydrazine groups is 1. The highest BCUT2D eigenvalue weighted by Crippen LogP contribution is 2.36. The minimum atomic E-state index is -3.86. The van der Waals surface area contributed by atoms with Gasteiger partial charge in [-0.15, -0.1) is 0 Å². The zero-order valence-electron chi connectivity index (χ0n) is 10.8. The van der Waals surface area contributed by atoms with E-state index in [0.717, 1.165) is 11.6 Å². The second-order valence-corrected chi connectivity index (χ2v) is 7.85. The van der Waals surface area contributed by atoms with Crippen LogP contribution in [0.3, 0.4) is 0 Å². The summed E-state index contributed by atoms with van der Waals surface area (Å²) >= 11 is 2.16. The number of nitrogens with two attached hydrogens (primary N) is 1. The average Bonchev–Trinajstić information content (AvgIpc) is 3.07. The van der Waals surface area contributed by atoms with Gasteiger partial charge in [0.15, 0.2) is 5.00 Å². The van der Waals surface area contributed by atoms with Crippen LogP contribution in [-0.2, 0) is 10.0 Å². The maximum absolute atomic E-state index is 12.3. The maximum atomic E-state index is 12.3. The molecule has 0 amide bonds. The van der Waals surface area contributed by atoms with E-state index in [-0.39, 0.29) is 14.9 Å². The van der Waals surface area contributed by atoms with Gasteiger partial charge in [-0.1, -0.05) is 11.3 Å². The van der Waals surface area contributed by atoms with Gasteiger partial charge in [-0.25, -0.2) is 19.0 Å². The van der Waals surface area contributed by atoms with Crippen LogP contribution >= 0.6 is 22.7 Å². The molecule has 0 aliphatic heterocycles. The first-order valence-corrected chi connectivity index (χ1v) is 8.88. The van der Waals surface area contributed by atoms with E-state index in [1.807, 2.05) is 16.8 Å². The van der Waals surface area contributed by atoms with Crippen molar-refractivity contribution in [2.75, 3.05) is 5.43 Å². The van der Waals surface area contributed by atoms with E-state index < -0.39 is 21.0 Å². The van der Waals surface area contributed by atoms with Crippen LogP contribution in [0.15, 0.2) is 27.1 Å². The number of anilines is 1. The minimum absolute atomic E-state index is 0.0106. The molecule has 2 aromatic heterocycles. The van der Waals surface area contributed by atoms with Crippen molar-refractivity contribution in [3.8, 4) is 0 Å². The third kappa shape index (κ3) is 3.39. The average molecular weight is 348 g/mol. The Balaban J connectivity index is 2.29. The third-order valence-corrected chi connectivity index (χ3v) is 6.43. The number of hydrogen-bond acceptors (Lipinski definition) is 8. The van der Waals surface area contributed by atoms with Crippen molar-refractivity contribution < 1.29 is 13.3 Å². The summed E-state index contributed by atoms with van der Waals surface area (Å²) in [6, 6.07) is 2.36. The Morgan fingerprint density at radius 1 is 1.48 bits per heavy atom. The molecule has 0 aromatic carbocycles. The molecule has 1 atom stereocenters. The predicted octanol–water partition coefficient (Wildman–Crippen LogP) is 2.04. The molecule has 0 saturated heterocycles. The van der Waals surface area contributed by atoms with Crippen LogP contribution < -0.4 is 16.0 Å². The molecule has 0 spiro atoms. The molecule has 0 saturated carbocycles. The third-order valence-electron chi connectivity index (χ3n) is 2.66. The Morgan fingerprint density at radius 2 is 2.19 bits per heavy atom. The topological polar surface area (TPSA) is 127 Å². The van der Waals surface area contributed by atoms with Crippen LogP contribution in [0.1, 0.15) is 18.5 Å². The van der Waals surface area contributed by atoms with Crippen molar-refractivity contribution in [2.24, 2.45) is 5.84 Å². The fourth-order valence-electron chi connectivity index (χ4n) is 1.61. The second-order valence-electron chi connectivity index (χ2n) is 4.08. The van der Waals surface area contributed by atoms with Crippen LogP contribution in [0, 0.1) is 10.1 Å². The molecule has 0 fully saturated rings. The molecule has 11 heteroatoms. The maximum Gasteiger partial charge on any atom is 0.306 e. The van der Waals surface area contributed by atoms with Crippen molar-refractivity contribution in [1.82, 2.24) is 4.72 Å². The van der Waals surface area contributed by atoms with Gasteiger partial charge >= 0.3 is 5.69 Å². The second kappa shape index (κ2) is 6.07. The molecule has 8 nitrogen and oxygen atoms in total. The lowest BCUT2D eigenvalue weighted by atomic mass is 10.2. The molecule has 4 N–H and O–H groups in total. The van der Waals surface area contributed by atoms with Gasteiger partial charge in [0.1, 0.15) is 4.21 Å². The number of nitrogen functional groups attached to an aromatic ring is 1. The van der Waals surface area contributed by atoms with Crippen LogP contribution in [-0.4, -0.2) is 13.3 Å². The Hall–Kier alpha value is -1.53. The van der Waals surface area contributed by atoms with Gasteiger partial charge in [0, 0.05) is 12.1 Å². The predicted molar refractivity (Wildman–Crippen MR) is 81.8 cm³/mol. The Morgan fingerprint density at radius 3 is 2.67 bits per heavy atom. The molecule has 2 heterocycles. The normalized spacial score (nSPS) is 13.0. The fraction of sp³-hybridized carbons (Fsp3) is 0.200. The van der Waals surface area contributed by atoms with E-state index in [4.69, 9.17) is 5.84 Å². The lowest BCUT2D eigenvalue weighted by Gasteiger charge is -2.11. The zero-order chi connectivity index (χ0) is 15.6. The number of nitro groups is 1. The van der Waals surface area contributed by atoms with Crippen molar-refractivity contribution in [1.29, 1.82) is 0 Å². The van der Waals surface area contributed by atoms with E-state index >= 15 is 0 Å². The van der Waals surface area contributed by atoms with E-state index in [1.54, 1.807) is 6.92 Å². The van der Waals surface area contributed by atoms with Gasteiger partial charge in [0.2, 0.25) is 0 Å². The quantitative estimate of drug-likeness (QED) is 0.416. The summed E-state index contributed by atoms with van der Waals surface area (Å²) in [6.45, 7) is 1.70. The van der Waals surface area contributed by atoms with E-state index in [2.05, 4.69) is 10.1 Å². The highest BCUT2D eigenvalue weighted by molar-refractivity contribution is 7.91. The molecule has 0 bridgehead atoms. The van der Waals surface area contributed by atoms with Crippen molar-refractivity contribution in [2.45, 2.75) is 17.2 Å². The molecule has 114 valence electrons. The van der Waals surface area contributed by atoms with Gasteiger partial charge in [-0.2, -0.15) is 11.3 Å². The van der Waals surface area contributed by atoms with Crippen LogP contribution in [0.2, 0.25) is 0 Å². The lowest BCUT2D eigenvalue weighted by Crippen LogP contribution is -2.25. The van der Waals surface area contributed by atoms with Gasteiger partial charge < -0.3 is 5.43 Å².